The van der Waals surface area contributed by atoms with Crippen LogP contribution in [0.5, 0.6) is 0 Å². The van der Waals surface area contributed by atoms with Gasteiger partial charge in [-0.05, 0) is 59.7 Å². The third kappa shape index (κ3) is 3.70. The van der Waals surface area contributed by atoms with Gasteiger partial charge in [0.15, 0.2) is 5.60 Å². The molecule has 2 atom stereocenters. The summed E-state index contributed by atoms with van der Waals surface area (Å²) in [7, 11) is 0. The zero-order chi connectivity index (χ0) is 22.6. The summed E-state index contributed by atoms with van der Waals surface area (Å²) in [4.78, 5) is 14.3. The highest BCUT2D eigenvalue weighted by Crippen LogP contribution is 2.52. The molecule has 0 saturated carbocycles. The number of aromatic nitrogens is 1. The number of aromatic amines is 1. The van der Waals surface area contributed by atoms with Crippen molar-refractivity contribution in [2.75, 3.05) is 5.32 Å². The summed E-state index contributed by atoms with van der Waals surface area (Å²) >= 11 is 6.18. The molecule has 31 heavy (non-hydrogen) atoms. The van der Waals surface area contributed by atoms with Gasteiger partial charge in [0.25, 0.3) is 0 Å². The zero-order valence-corrected chi connectivity index (χ0v) is 17.7. The molecular weight excluding hydrogens is 429 g/mol. The van der Waals surface area contributed by atoms with Crippen LogP contribution in [0.15, 0.2) is 53.3 Å². The SMILES string of the molecule is CC1(C)CCC(O)(C(F)(F)F)C(Nc2cccc3[nH]c(=O)ccc23)c2ccc(Cl)cc21. The molecule has 0 radical (unpaired) electrons. The molecule has 0 amide bonds. The van der Waals surface area contributed by atoms with Gasteiger partial charge >= 0.3 is 6.18 Å². The van der Waals surface area contributed by atoms with Crippen LogP contribution in [-0.4, -0.2) is 21.9 Å². The average Bonchev–Trinajstić information content (AvgIpc) is 2.77. The molecular formula is C23H22ClF3N2O2. The molecule has 164 valence electrons. The molecule has 2 unspecified atom stereocenters. The maximum Gasteiger partial charge on any atom is 0.419 e. The van der Waals surface area contributed by atoms with E-state index >= 15 is 0 Å². The second kappa shape index (κ2) is 7.28. The molecule has 3 aromatic rings. The van der Waals surface area contributed by atoms with Gasteiger partial charge < -0.3 is 15.4 Å². The Bertz CT molecular complexity index is 1210. The molecule has 8 heteroatoms. The molecule has 3 N–H and O–H groups in total. The van der Waals surface area contributed by atoms with Crippen LogP contribution in [0.1, 0.15) is 43.9 Å². The number of hydrogen-bond acceptors (Lipinski definition) is 3. The topological polar surface area (TPSA) is 65.1 Å². The van der Waals surface area contributed by atoms with Gasteiger partial charge in [-0.25, -0.2) is 0 Å². The van der Waals surface area contributed by atoms with Crippen molar-refractivity contribution < 1.29 is 18.3 Å². The first kappa shape index (κ1) is 21.7. The second-order valence-corrected chi connectivity index (χ2v) is 9.14. The van der Waals surface area contributed by atoms with Gasteiger partial charge in [0.2, 0.25) is 5.56 Å². The van der Waals surface area contributed by atoms with Gasteiger partial charge in [-0.2, -0.15) is 13.2 Å². The van der Waals surface area contributed by atoms with E-state index in [1.54, 1.807) is 36.4 Å². The maximum absolute atomic E-state index is 14.3. The van der Waals surface area contributed by atoms with E-state index in [4.69, 9.17) is 11.6 Å². The fourth-order valence-corrected chi connectivity index (χ4v) is 4.55. The van der Waals surface area contributed by atoms with Crippen molar-refractivity contribution in [3.05, 3.63) is 75.0 Å². The zero-order valence-electron chi connectivity index (χ0n) is 17.0. The molecule has 1 aromatic heterocycles. The number of nitrogens with one attached hydrogen (secondary N) is 2. The van der Waals surface area contributed by atoms with E-state index in [0.29, 0.717) is 32.7 Å². The van der Waals surface area contributed by atoms with Crippen LogP contribution in [0.3, 0.4) is 0 Å². The second-order valence-electron chi connectivity index (χ2n) is 8.70. The van der Waals surface area contributed by atoms with Gasteiger partial charge in [-0.3, -0.25) is 4.79 Å². The van der Waals surface area contributed by atoms with Gasteiger partial charge in [-0.1, -0.05) is 37.6 Å². The standard InChI is InChI=1S/C23H22ClF3N2O2/c1-21(2)10-11-22(31,23(25,26)27)20(14-7-6-13(24)12-16(14)21)29-18-5-3-4-17-15(18)8-9-19(30)28-17/h3-9,12,20,29,31H,10-11H2,1-2H3,(H,28,30). The molecule has 1 heterocycles. The Morgan fingerprint density at radius 1 is 1.13 bits per heavy atom. The van der Waals surface area contributed by atoms with E-state index in [1.165, 1.54) is 12.1 Å². The van der Waals surface area contributed by atoms with Gasteiger partial charge in [-0.15, -0.1) is 0 Å². The monoisotopic (exact) mass is 450 g/mol. The highest BCUT2D eigenvalue weighted by atomic mass is 35.5. The lowest BCUT2D eigenvalue weighted by molar-refractivity contribution is -0.269. The summed E-state index contributed by atoms with van der Waals surface area (Å²) in [6.45, 7) is 3.70. The van der Waals surface area contributed by atoms with E-state index in [9.17, 15) is 23.1 Å². The molecule has 0 bridgehead atoms. The predicted molar refractivity (Wildman–Crippen MR) is 116 cm³/mol. The summed E-state index contributed by atoms with van der Waals surface area (Å²) in [6.07, 6.45) is -5.23. The van der Waals surface area contributed by atoms with Gasteiger partial charge in [0, 0.05) is 22.2 Å². The van der Waals surface area contributed by atoms with Crippen molar-refractivity contribution in [2.24, 2.45) is 0 Å². The molecule has 4 nitrogen and oxygen atoms in total. The quantitative estimate of drug-likeness (QED) is 0.439. The number of benzene rings is 2. The third-order valence-corrected chi connectivity index (χ3v) is 6.46. The van der Waals surface area contributed by atoms with Crippen molar-refractivity contribution in [3.8, 4) is 0 Å². The Kier molecular flexibility index (Phi) is 5.10. The maximum atomic E-state index is 14.3. The predicted octanol–water partition coefficient (Wildman–Crippen LogP) is 5.70. The van der Waals surface area contributed by atoms with Crippen molar-refractivity contribution in [1.29, 1.82) is 0 Å². The molecule has 1 aliphatic rings. The number of aliphatic hydroxyl groups is 1. The molecule has 1 aliphatic carbocycles. The lowest BCUT2D eigenvalue weighted by atomic mass is 9.79. The Balaban J connectivity index is 1.95. The van der Waals surface area contributed by atoms with Crippen LogP contribution in [0.2, 0.25) is 5.02 Å². The Morgan fingerprint density at radius 3 is 2.58 bits per heavy atom. The van der Waals surface area contributed by atoms with Crippen LogP contribution in [0.4, 0.5) is 18.9 Å². The number of rotatable bonds is 2. The molecule has 0 aliphatic heterocycles. The van der Waals surface area contributed by atoms with Crippen LogP contribution in [0, 0.1) is 0 Å². The molecule has 2 aromatic carbocycles. The molecule has 0 fully saturated rings. The van der Waals surface area contributed by atoms with E-state index in [2.05, 4.69) is 10.3 Å². The Hall–Kier alpha value is -2.51. The fourth-order valence-electron chi connectivity index (χ4n) is 4.38. The van der Waals surface area contributed by atoms with E-state index in [0.717, 1.165) is 0 Å². The van der Waals surface area contributed by atoms with Crippen LogP contribution in [0.25, 0.3) is 10.9 Å². The summed E-state index contributed by atoms with van der Waals surface area (Å²) in [5.74, 6) is 0. The Labute approximate surface area is 182 Å². The lowest BCUT2D eigenvalue weighted by Gasteiger charge is -2.38. The minimum atomic E-state index is -4.87. The summed E-state index contributed by atoms with van der Waals surface area (Å²) in [5.41, 5.74) is -2.08. The number of hydrogen-bond donors (Lipinski definition) is 3. The minimum absolute atomic E-state index is 0.122. The van der Waals surface area contributed by atoms with Crippen LogP contribution in [-0.2, 0) is 5.41 Å². The van der Waals surface area contributed by atoms with Crippen molar-refractivity contribution in [2.45, 2.75) is 49.9 Å². The highest BCUT2D eigenvalue weighted by Gasteiger charge is 2.61. The number of H-pyrrole nitrogens is 1. The first-order valence-corrected chi connectivity index (χ1v) is 10.3. The summed E-state index contributed by atoms with van der Waals surface area (Å²) < 4.78 is 42.9. The van der Waals surface area contributed by atoms with E-state index in [-0.39, 0.29) is 12.0 Å². The average molecular weight is 451 g/mol. The molecule has 0 spiro atoms. The normalized spacial score (nSPS) is 23.3. The number of alkyl halides is 3. The molecule has 0 saturated heterocycles. The van der Waals surface area contributed by atoms with Gasteiger partial charge in [0.1, 0.15) is 0 Å². The summed E-state index contributed by atoms with van der Waals surface area (Å²) in [5, 5.41) is 15.0. The smallest absolute Gasteiger partial charge is 0.379 e. The van der Waals surface area contributed by atoms with Crippen LogP contribution < -0.4 is 10.9 Å². The number of pyridine rings is 1. The van der Waals surface area contributed by atoms with Crippen molar-refractivity contribution in [3.63, 3.8) is 0 Å². The molecule has 4 rings (SSSR count). The summed E-state index contributed by atoms with van der Waals surface area (Å²) in [6, 6.07) is 11.1. The minimum Gasteiger partial charge on any atom is -0.379 e. The van der Waals surface area contributed by atoms with Crippen molar-refractivity contribution in [1.82, 2.24) is 4.98 Å². The third-order valence-electron chi connectivity index (χ3n) is 6.22. The largest absolute Gasteiger partial charge is 0.419 e. The first-order valence-electron chi connectivity index (χ1n) is 9.90. The van der Waals surface area contributed by atoms with Crippen LogP contribution >= 0.6 is 11.6 Å². The van der Waals surface area contributed by atoms with Crippen molar-refractivity contribution >= 4 is 28.2 Å². The van der Waals surface area contributed by atoms with E-state index < -0.39 is 29.7 Å². The van der Waals surface area contributed by atoms with E-state index in [1.807, 2.05) is 13.8 Å². The fraction of sp³-hybridized carbons (Fsp3) is 0.348. The lowest BCUT2D eigenvalue weighted by Crippen LogP contribution is -2.52. The first-order chi connectivity index (χ1) is 14.4. The number of halogens is 4. The van der Waals surface area contributed by atoms with Gasteiger partial charge in [0.05, 0.1) is 11.6 Å². The highest BCUT2D eigenvalue weighted by molar-refractivity contribution is 6.30. The number of fused-ring (bicyclic) bond motifs is 2. The Morgan fingerprint density at radius 2 is 1.87 bits per heavy atom. The number of anilines is 1.